The van der Waals surface area contributed by atoms with Gasteiger partial charge in [-0.2, -0.15) is 0 Å². The van der Waals surface area contributed by atoms with Gasteiger partial charge in [0.1, 0.15) is 6.33 Å². The van der Waals surface area contributed by atoms with Crippen LogP contribution in [0.1, 0.15) is 5.69 Å². The molecule has 6 heteroatoms. The summed E-state index contributed by atoms with van der Waals surface area (Å²) < 4.78 is 23.3. The van der Waals surface area contributed by atoms with Crippen LogP contribution in [0.2, 0.25) is 0 Å². The van der Waals surface area contributed by atoms with Crippen molar-refractivity contribution in [1.82, 2.24) is 14.3 Å². The van der Waals surface area contributed by atoms with E-state index in [1.807, 2.05) is 0 Å². The van der Waals surface area contributed by atoms with Crippen LogP contribution in [0.15, 0.2) is 12.5 Å². The molecule has 0 bridgehead atoms. The Hall–Kier alpha value is -0.880. The maximum Gasteiger partial charge on any atom is 0.237 e. The van der Waals surface area contributed by atoms with Crippen LogP contribution in [0.4, 0.5) is 0 Å². The van der Waals surface area contributed by atoms with E-state index in [0.717, 1.165) is 10.2 Å². The fourth-order valence-electron chi connectivity index (χ4n) is 0.914. The molecule has 1 aromatic rings. The molecule has 0 aliphatic carbocycles. The Morgan fingerprint density at radius 3 is 2.83 bits per heavy atom. The van der Waals surface area contributed by atoms with Gasteiger partial charge in [0, 0.05) is 6.54 Å². The van der Waals surface area contributed by atoms with E-state index in [4.69, 9.17) is 0 Å². The van der Waals surface area contributed by atoms with Crippen molar-refractivity contribution in [3.8, 4) is 0 Å². The maximum absolute atomic E-state index is 11.1. The minimum Gasteiger partial charge on any atom is -0.314 e. The summed E-state index contributed by atoms with van der Waals surface area (Å²) in [5.74, 6) is 0. The number of imidazole rings is 1. The first kappa shape index (κ1) is 9.21. The van der Waals surface area contributed by atoms with Gasteiger partial charge in [0.05, 0.1) is 18.1 Å². The molecular formula is C6H11N3O2S. The van der Waals surface area contributed by atoms with Gasteiger partial charge < -0.3 is 5.32 Å². The predicted octanol–water partition coefficient (Wildman–Crippen LogP) is -0.590. The molecule has 0 aliphatic heterocycles. The summed E-state index contributed by atoms with van der Waals surface area (Å²) in [7, 11) is -1.45. The third-order valence-corrected chi connectivity index (χ3v) is 2.44. The molecular weight excluding hydrogens is 178 g/mol. The number of nitrogens with one attached hydrogen (secondary N) is 1. The number of hydrogen-bond donors (Lipinski definition) is 1. The second-order valence-electron chi connectivity index (χ2n) is 2.47. The lowest BCUT2D eigenvalue weighted by Crippen LogP contribution is -2.16. The van der Waals surface area contributed by atoms with Gasteiger partial charge in [-0.25, -0.2) is 17.4 Å². The van der Waals surface area contributed by atoms with Crippen LogP contribution in [0.3, 0.4) is 0 Å². The topological polar surface area (TPSA) is 64.0 Å². The third kappa shape index (κ3) is 1.83. The van der Waals surface area contributed by atoms with Crippen LogP contribution in [0, 0.1) is 0 Å². The van der Waals surface area contributed by atoms with Gasteiger partial charge in [-0.1, -0.05) is 0 Å². The highest BCUT2D eigenvalue weighted by Crippen LogP contribution is 2.01. The number of aromatic nitrogens is 2. The van der Waals surface area contributed by atoms with Crippen molar-refractivity contribution < 1.29 is 8.42 Å². The van der Waals surface area contributed by atoms with E-state index in [1.54, 1.807) is 7.05 Å². The monoisotopic (exact) mass is 189 g/mol. The molecule has 12 heavy (non-hydrogen) atoms. The Kier molecular flexibility index (Phi) is 2.49. The standard InChI is InChI=1S/C6H11N3O2S/c1-7-3-6-4-8-5-9(6)12(2,10)11/h4-5,7H,3H2,1-2H3. The quantitative estimate of drug-likeness (QED) is 0.690. The number of rotatable bonds is 3. The van der Waals surface area contributed by atoms with Gasteiger partial charge in [-0.15, -0.1) is 0 Å². The van der Waals surface area contributed by atoms with Crippen molar-refractivity contribution in [2.45, 2.75) is 6.54 Å². The molecule has 0 atom stereocenters. The van der Waals surface area contributed by atoms with Crippen molar-refractivity contribution in [2.24, 2.45) is 0 Å². The first-order chi connectivity index (χ1) is 5.55. The molecule has 1 rings (SSSR count). The highest BCUT2D eigenvalue weighted by molar-refractivity contribution is 7.89. The summed E-state index contributed by atoms with van der Waals surface area (Å²) in [6.45, 7) is 0.493. The molecule has 0 saturated carbocycles. The molecule has 0 saturated heterocycles. The van der Waals surface area contributed by atoms with Gasteiger partial charge in [0.2, 0.25) is 10.0 Å². The van der Waals surface area contributed by atoms with Crippen molar-refractivity contribution in [2.75, 3.05) is 13.3 Å². The summed E-state index contributed by atoms with van der Waals surface area (Å²) in [5, 5.41) is 2.86. The maximum atomic E-state index is 11.1. The predicted molar refractivity (Wildman–Crippen MR) is 45.2 cm³/mol. The van der Waals surface area contributed by atoms with Crippen molar-refractivity contribution in [3.63, 3.8) is 0 Å². The summed E-state index contributed by atoms with van der Waals surface area (Å²) in [6, 6.07) is 0. The van der Waals surface area contributed by atoms with Crippen LogP contribution in [-0.2, 0) is 16.6 Å². The normalized spacial score (nSPS) is 11.8. The molecule has 1 heterocycles. The Bertz CT molecular complexity index is 355. The molecule has 0 radical (unpaired) electrons. The molecule has 0 fully saturated rings. The largest absolute Gasteiger partial charge is 0.314 e. The van der Waals surface area contributed by atoms with Gasteiger partial charge in [-0.05, 0) is 7.05 Å². The van der Waals surface area contributed by atoms with Gasteiger partial charge >= 0.3 is 0 Å². The minimum atomic E-state index is -3.20. The fraction of sp³-hybridized carbons (Fsp3) is 0.500. The van der Waals surface area contributed by atoms with E-state index in [-0.39, 0.29) is 0 Å². The zero-order valence-corrected chi connectivity index (χ0v) is 7.80. The molecule has 0 amide bonds. The number of nitrogens with zero attached hydrogens (tertiary/aromatic N) is 2. The highest BCUT2D eigenvalue weighted by atomic mass is 32.2. The van der Waals surface area contributed by atoms with E-state index in [9.17, 15) is 8.42 Å². The lowest BCUT2D eigenvalue weighted by Gasteiger charge is -2.03. The second-order valence-corrected chi connectivity index (χ2v) is 4.33. The summed E-state index contributed by atoms with van der Waals surface area (Å²) in [6.07, 6.45) is 3.97. The minimum absolute atomic E-state index is 0.493. The Morgan fingerprint density at radius 2 is 2.33 bits per heavy atom. The van der Waals surface area contributed by atoms with Crippen LogP contribution in [0.25, 0.3) is 0 Å². The molecule has 0 spiro atoms. The van der Waals surface area contributed by atoms with Crippen LogP contribution in [0.5, 0.6) is 0 Å². The van der Waals surface area contributed by atoms with Gasteiger partial charge in [0.15, 0.2) is 0 Å². The highest BCUT2D eigenvalue weighted by Gasteiger charge is 2.09. The van der Waals surface area contributed by atoms with Crippen LogP contribution in [-0.4, -0.2) is 30.7 Å². The van der Waals surface area contributed by atoms with E-state index in [1.165, 1.54) is 12.5 Å². The number of hydrogen-bond acceptors (Lipinski definition) is 4. The molecule has 0 aromatic carbocycles. The summed E-state index contributed by atoms with van der Waals surface area (Å²) >= 11 is 0. The van der Waals surface area contributed by atoms with E-state index >= 15 is 0 Å². The lowest BCUT2D eigenvalue weighted by atomic mass is 10.5. The summed E-state index contributed by atoms with van der Waals surface area (Å²) in [5.41, 5.74) is 0.639. The molecule has 1 aromatic heterocycles. The Labute approximate surface area is 71.5 Å². The summed E-state index contributed by atoms with van der Waals surface area (Å²) in [4.78, 5) is 3.75. The van der Waals surface area contributed by atoms with E-state index in [0.29, 0.717) is 12.2 Å². The second kappa shape index (κ2) is 3.24. The van der Waals surface area contributed by atoms with Crippen LogP contribution >= 0.6 is 0 Å². The first-order valence-electron chi connectivity index (χ1n) is 3.42. The van der Waals surface area contributed by atoms with Gasteiger partial charge in [0.25, 0.3) is 0 Å². The zero-order valence-electron chi connectivity index (χ0n) is 6.98. The molecule has 68 valence electrons. The SMILES string of the molecule is CNCc1cncn1S(C)(=O)=O. The van der Waals surface area contributed by atoms with Gasteiger partial charge in [-0.3, -0.25) is 0 Å². The van der Waals surface area contributed by atoms with Crippen molar-refractivity contribution in [1.29, 1.82) is 0 Å². The van der Waals surface area contributed by atoms with Crippen molar-refractivity contribution >= 4 is 10.0 Å². The Balaban J connectivity index is 3.08. The average molecular weight is 189 g/mol. The third-order valence-electron chi connectivity index (χ3n) is 1.39. The lowest BCUT2D eigenvalue weighted by molar-refractivity contribution is 0.589. The van der Waals surface area contributed by atoms with Crippen LogP contribution < -0.4 is 5.32 Å². The molecule has 0 unspecified atom stereocenters. The molecule has 0 aliphatic rings. The fourth-order valence-corrected chi connectivity index (χ4v) is 1.68. The van der Waals surface area contributed by atoms with E-state index < -0.39 is 10.0 Å². The molecule has 1 N–H and O–H groups in total. The van der Waals surface area contributed by atoms with E-state index in [2.05, 4.69) is 10.3 Å². The zero-order chi connectivity index (χ0) is 9.19. The smallest absolute Gasteiger partial charge is 0.237 e. The average Bonchev–Trinajstić information content (AvgIpc) is 2.34. The molecule has 5 nitrogen and oxygen atoms in total. The Morgan fingerprint density at radius 1 is 1.67 bits per heavy atom. The first-order valence-corrected chi connectivity index (χ1v) is 5.27. The van der Waals surface area contributed by atoms with Crippen molar-refractivity contribution in [3.05, 3.63) is 18.2 Å².